The summed E-state index contributed by atoms with van der Waals surface area (Å²) in [4.78, 5) is 4.16. The quantitative estimate of drug-likeness (QED) is 0.926. The van der Waals surface area contributed by atoms with Crippen molar-refractivity contribution in [3.05, 3.63) is 53.9 Å². The van der Waals surface area contributed by atoms with Gasteiger partial charge in [0.2, 0.25) is 6.79 Å². The van der Waals surface area contributed by atoms with Crippen molar-refractivity contribution < 1.29 is 9.47 Å². The number of hydrogen-bond donors (Lipinski definition) is 1. The third-order valence-electron chi connectivity index (χ3n) is 3.58. The van der Waals surface area contributed by atoms with E-state index >= 15 is 0 Å². The van der Waals surface area contributed by atoms with Crippen molar-refractivity contribution in [2.45, 2.75) is 25.9 Å². The molecule has 0 spiro atoms. The minimum absolute atomic E-state index is 0.222. The molecule has 0 radical (unpaired) electrons. The number of aromatic nitrogens is 1. The first kappa shape index (κ1) is 12.9. The highest BCUT2D eigenvalue weighted by Crippen LogP contribution is 2.34. The number of rotatable bonds is 4. The van der Waals surface area contributed by atoms with Crippen LogP contribution in [-0.4, -0.2) is 11.8 Å². The third-order valence-corrected chi connectivity index (χ3v) is 3.58. The van der Waals surface area contributed by atoms with E-state index in [1.54, 1.807) is 6.20 Å². The lowest BCUT2D eigenvalue weighted by Gasteiger charge is -2.20. The maximum Gasteiger partial charge on any atom is 0.231 e. The van der Waals surface area contributed by atoms with Crippen molar-refractivity contribution in [2.24, 2.45) is 0 Å². The Morgan fingerprint density at radius 2 is 1.85 bits per heavy atom. The highest BCUT2D eigenvalue weighted by Gasteiger charge is 2.17. The zero-order chi connectivity index (χ0) is 13.9. The molecule has 0 fully saturated rings. The molecule has 1 N–H and O–H groups in total. The Labute approximate surface area is 118 Å². The van der Waals surface area contributed by atoms with Crippen LogP contribution >= 0.6 is 0 Å². The molecule has 0 saturated carbocycles. The first-order chi connectivity index (χ1) is 9.74. The molecule has 4 nitrogen and oxygen atoms in total. The molecular formula is C16H18N2O2. The number of hydrogen-bond acceptors (Lipinski definition) is 4. The fourth-order valence-corrected chi connectivity index (χ4v) is 2.38. The second kappa shape index (κ2) is 5.51. The summed E-state index contributed by atoms with van der Waals surface area (Å²) in [5, 5.41) is 3.57. The predicted molar refractivity (Wildman–Crippen MR) is 76.8 cm³/mol. The molecular weight excluding hydrogens is 252 g/mol. The summed E-state index contributed by atoms with van der Waals surface area (Å²) in [6, 6.07) is 10.6. The number of pyridine rings is 1. The number of ether oxygens (including phenoxy) is 2. The zero-order valence-corrected chi connectivity index (χ0v) is 11.7. The molecule has 1 aliphatic rings. The molecule has 1 aromatic heterocycles. The monoisotopic (exact) mass is 270 g/mol. The first-order valence-electron chi connectivity index (χ1n) is 6.79. The van der Waals surface area contributed by atoms with Gasteiger partial charge in [-0.1, -0.05) is 12.1 Å². The molecule has 1 aliphatic heterocycles. The molecule has 4 heteroatoms. The Morgan fingerprint density at radius 1 is 1.05 bits per heavy atom. The van der Waals surface area contributed by atoms with Gasteiger partial charge in [0.05, 0.1) is 0 Å². The van der Waals surface area contributed by atoms with Gasteiger partial charge < -0.3 is 14.8 Å². The van der Waals surface area contributed by atoms with Crippen molar-refractivity contribution >= 4 is 0 Å². The maximum atomic E-state index is 5.42. The van der Waals surface area contributed by atoms with Crippen molar-refractivity contribution in [1.82, 2.24) is 10.3 Å². The lowest BCUT2D eigenvalue weighted by Crippen LogP contribution is -2.22. The number of benzene rings is 1. The van der Waals surface area contributed by atoms with Crippen LogP contribution in [0.25, 0.3) is 0 Å². The highest BCUT2D eigenvalue weighted by molar-refractivity contribution is 5.45. The second-order valence-electron chi connectivity index (χ2n) is 5.01. The SMILES string of the molecule is CC(NC(C)c1ccc2c(c1)OCO2)c1cccnc1. The third kappa shape index (κ3) is 2.60. The van der Waals surface area contributed by atoms with Gasteiger partial charge in [-0.15, -0.1) is 0 Å². The standard InChI is InChI=1S/C16H18N2O2/c1-11(18-12(2)14-4-3-7-17-9-14)13-5-6-15-16(8-13)20-10-19-15/h3-9,11-12,18H,10H2,1-2H3. The largest absolute Gasteiger partial charge is 0.454 e. The molecule has 3 rings (SSSR count). The Morgan fingerprint density at radius 3 is 2.65 bits per heavy atom. The van der Waals surface area contributed by atoms with Gasteiger partial charge in [0, 0.05) is 24.5 Å². The smallest absolute Gasteiger partial charge is 0.231 e. The fraction of sp³-hybridized carbons (Fsp3) is 0.312. The van der Waals surface area contributed by atoms with Gasteiger partial charge in [-0.05, 0) is 43.2 Å². The van der Waals surface area contributed by atoms with E-state index in [4.69, 9.17) is 9.47 Å². The van der Waals surface area contributed by atoms with E-state index in [1.807, 2.05) is 24.4 Å². The number of nitrogens with zero attached hydrogens (tertiary/aromatic N) is 1. The molecule has 2 heterocycles. The average molecular weight is 270 g/mol. The minimum atomic E-state index is 0.222. The van der Waals surface area contributed by atoms with E-state index in [2.05, 4.69) is 36.3 Å². The van der Waals surface area contributed by atoms with Crippen LogP contribution in [-0.2, 0) is 0 Å². The van der Waals surface area contributed by atoms with Crippen LogP contribution in [0, 0.1) is 0 Å². The molecule has 2 unspecified atom stereocenters. The van der Waals surface area contributed by atoms with Crippen LogP contribution in [0.3, 0.4) is 0 Å². The Kier molecular flexibility index (Phi) is 3.56. The zero-order valence-electron chi connectivity index (χ0n) is 11.7. The molecule has 2 atom stereocenters. The van der Waals surface area contributed by atoms with Crippen molar-refractivity contribution in [3.8, 4) is 11.5 Å². The summed E-state index contributed by atoms with van der Waals surface area (Å²) < 4.78 is 10.8. The average Bonchev–Trinajstić information content (AvgIpc) is 2.95. The number of fused-ring (bicyclic) bond motifs is 1. The van der Waals surface area contributed by atoms with Gasteiger partial charge >= 0.3 is 0 Å². The lowest BCUT2D eigenvalue weighted by molar-refractivity contribution is 0.174. The second-order valence-corrected chi connectivity index (χ2v) is 5.01. The van der Waals surface area contributed by atoms with E-state index in [0.717, 1.165) is 11.5 Å². The molecule has 0 amide bonds. The fourth-order valence-electron chi connectivity index (χ4n) is 2.38. The van der Waals surface area contributed by atoms with Gasteiger partial charge in [-0.2, -0.15) is 0 Å². The summed E-state index contributed by atoms with van der Waals surface area (Å²) >= 11 is 0. The summed E-state index contributed by atoms with van der Waals surface area (Å²) in [5.74, 6) is 1.64. The molecule has 0 saturated heterocycles. The molecule has 104 valence electrons. The molecule has 1 aromatic carbocycles. The van der Waals surface area contributed by atoms with Crippen LogP contribution in [0.15, 0.2) is 42.7 Å². The van der Waals surface area contributed by atoms with Crippen LogP contribution in [0.1, 0.15) is 37.1 Å². The summed E-state index contributed by atoms with van der Waals surface area (Å²) in [5.41, 5.74) is 2.37. The minimum Gasteiger partial charge on any atom is -0.454 e. The van der Waals surface area contributed by atoms with Gasteiger partial charge in [0.1, 0.15) is 0 Å². The summed E-state index contributed by atoms with van der Waals surface area (Å²) in [6.45, 7) is 4.59. The van der Waals surface area contributed by atoms with Gasteiger partial charge in [0.15, 0.2) is 11.5 Å². The first-order valence-corrected chi connectivity index (χ1v) is 6.79. The Bertz CT molecular complexity index is 586. The van der Waals surface area contributed by atoms with Crippen LogP contribution in [0.2, 0.25) is 0 Å². The summed E-state index contributed by atoms with van der Waals surface area (Å²) in [6.07, 6.45) is 3.68. The van der Waals surface area contributed by atoms with Crippen LogP contribution in [0.4, 0.5) is 0 Å². The van der Waals surface area contributed by atoms with Gasteiger partial charge in [-0.25, -0.2) is 0 Å². The van der Waals surface area contributed by atoms with Crippen molar-refractivity contribution in [2.75, 3.05) is 6.79 Å². The molecule has 0 aliphatic carbocycles. The number of nitrogens with one attached hydrogen (secondary N) is 1. The van der Waals surface area contributed by atoms with Crippen LogP contribution < -0.4 is 14.8 Å². The Balaban J connectivity index is 1.71. The molecule has 20 heavy (non-hydrogen) atoms. The highest BCUT2D eigenvalue weighted by atomic mass is 16.7. The van der Waals surface area contributed by atoms with E-state index < -0.39 is 0 Å². The van der Waals surface area contributed by atoms with Gasteiger partial charge in [-0.3, -0.25) is 4.98 Å². The van der Waals surface area contributed by atoms with Gasteiger partial charge in [0.25, 0.3) is 0 Å². The normalized spacial score (nSPS) is 15.9. The van der Waals surface area contributed by atoms with Crippen molar-refractivity contribution in [1.29, 1.82) is 0 Å². The van der Waals surface area contributed by atoms with E-state index in [9.17, 15) is 0 Å². The van der Waals surface area contributed by atoms with Crippen molar-refractivity contribution in [3.63, 3.8) is 0 Å². The predicted octanol–water partition coefficient (Wildman–Crippen LogP) is 3.22. The van der Waals surface area contributed by atoms with E-state index in [1.165, 1.54) is 11.1 Å². The van der Waals surface area contributed by atoms with E-state index in [0.29, 0.717) is 6.79 Å². The van der Waals surface area contributed by atoms with Crippen LogP contribution in [0.5, 0.6) is 11.5 Å². The maximum absolute atomic E-state index is 5.42. The molecule has 0 bridgehead atoms. The summed E-state index contributed by atoms with van der Waals surface area (Å²) in [7, 11) is 0. The topological polar surface area (TPSA) is 43.4 Å². The van der Waals surface area contributed by atoms with E-state index in [-0.39, 0.29) is 12.1 Å². The molecule has 2 aromatic rings. The Hall–Kier alpha value is -2.07. The lowest BCUT2D eigenvalue weighted by atomic mass is 10.0.